The number of hydrogen-bond donors (Lipinski definition) is 2. The summed E-state index contributed by atoms with van der Waals surface area (Å²) in [6.45, 7) is 1.86. The second kappa shape index (κ2) is 8.22. The predicted molar refractivity (Wildman–Crippen MR) is 113 cm³/mol. The van der Waals surface area contributed by atoms with Gasteiger partial charge in [0.25, 0.3) is 11.8 Å². The van der Waals surface area contributed by atoms with Gasteiger partial charge in [0.05, 0.1) is 22.6 Å². The number of aromatic hydroxyl groups is 1. The number of phenolic OH excluding ortho intramolecular Hbond substituents is 1. The molecule has 0 unspecified atom stereocenters. The molecule has 1 saturated heterocycles. The van der Waals surface area contributed by atoms with Gasteiger partial charge in [0.15, 0.2) is 15.8 Å². The van der Waals surface area contributed by atoms with Crippen molar-refractivity contribution in [2.45, 2.75) is 6.92 Å². The maximum Gasteiger partial charge on any atom is 0.285 e. The molecule has 1 aliphatic rings. The van der Waals surface area contributed by atoms with Crippen LogP contribution in [0.3, 0.4) is 0 Å². The first-order valence-electron chi connectivity index (χ1n) is 8.02. The summed E-state index contributed by atoms with van der Waals surface area (Å²) in [7, 11) is 1.43. The van der Waals surface area contributed by atoms with Gasteiger partial charge < -0.3 is 9.84 Å². The van der Waals surface area contributed by atoms with E-state index in [1.54, 1.807) is 36.4 Å². The molecule has 1 fully saturated rings. The van der Waals surface area contributed by atoms with E-state index in [-0.39, 0.29) is 26.4 Å². The molecule has 2 aromatic carbocycles. The number of halogens is 1. The maximum absolute atomic E-state index is 12.7. The summed E-state index contributed by atoms with van der Waals surface area (Å²) in [6.07, 6.45) is 1.60. The first kappa shape index (κ1) is 20.2. The van der Waals surface area contributed by atoms with E-state index < -0.39 is 11.8 Å². The van der Waals surface area contributed by atoms with E-state index in [0.29, 0.717) is 10.5 Å². The molecule has 9 heteroatoms. The highest BCUT2D eigenvalue weighted by molar-refractivity contribution is 8.26. The van der Waals surface area contributed by atoms with Crippen LogP contribution in [0.25, 0.3) is 6.08 Å². The number of thioether (sulfide) groups is 1. The monoisotopic (exact) mass is 434 g/mol. The molecule has 1 heterocycles. The summed E-state index contributed by atoms with van der Waals surface area (Å²) in [5.41, 5.74) is 4.30. The second-order valence-corrected chi connectivity index (χ2v) is 7.96. The Kier molecular flexibility index (Phi) is 5.93. The highest BCUT2D eigenvalue weighted by Crippen LogP contribution is 2.33. The number of aryl methyl sites for hydroxylation is 1. The van der Waals surface area contributed by atoms with Gasteiger partial charge in [0, 0.05) is 0 Å². The van der Waals surface area contributed by atoms with Crippen molar-refractivity contribution in [3.63, 3.8) is 0 Å². The normalized spacial score (nSPS) is 15.2. The third-order valence-corrected chi connectivity index (χ3v) is 5.49. The number of nitrogens with zero attached hydrogens (tertiary/aromatic N) is 1. The van der Waals surface area contributed by atoms with E-state index in [1.165, 1.54) is 13.2 Å². The molecule has 2 aromatic rings. The first-order valence-corrected chi connectivity index (χ1v) is 9.62. The van der Waals surface area contributed by atoms with Crippen molar-refractivity contribution < 1.29 is 19.4 Å². The molecule has 0 atom stereocenters. The first-order chi connectivity index (χ1) is 13.3. The number of nitrogens with one attached hydrogen (secondary N) is 1. The summed E-state index contributed by atoms with van der Waals surface area (Å²) in [6, 6.07) is 9.69. The smallest absolute Gasteiger partial charge is 0.285 e. The van der Waals surface area contributed by atoms with E-state index >= 15 is 0 Å². The van der Waals surface area contributed by atoms with Crippen molar-refractivity contribution >= 4 is 57.8 Å². The summed E-state index contributed by atoms with van der Waals surface area (Å²) in [5, 5.41) is 11.0. The third-order valence-electron chi connectivity index (χ3n) is 3.88. The highest BCUT2D eigenvalue weighted by atomic mass is 35.5. The van der Waals surface area contributed by atoms with Gasteiger partial charge >= 0.3 is 0 Å². The molecule has 28 heavy (non-hydrogen) atoms. The van der Waals surface area contributed by atoms with Gasteiger partial charge in [0.2, 0.25) is 0 Å². The van der Waals surface area contributed by atoms with Crippen LogP contribution in [0.4, 0.5) is 0 Å². The quantitative estimate of drug-likeness (QED) is 0.561. The number of ether oxygens (including phenoxy) is 1. The number of carbonyl (C=O) groups excluding carboxylic acids is 2. The molecule has 0 aromatic heterocycles. The van der Waals surface area contributed by atoms with Crippen molar-refractivity contribution in [3.05, 3.63) is 63.0 Å². The lowest BCUT2D eigenvalue weighted by molar-refractivity contribution is -0.123. The van der Waals surface area contributed by atoms with Crippen LogP contribution >= 0.6 is 35.6 Å². The van der Waals surface area contributed by atoms with E-state index in [0.717, 1.165) is 22.3 Å². The van der Waals surface area contributed by atoms with Gasteiger partial charge in [-0.15, -0.1) is 0 Å². The molecule has 0 spiro atoms. The minimum atomic E-state index is -0.533. The number of thiocarbonyl (C=S) groups is 1. The average molecular weight is 435 g/mol. The molecule has 2 amide bonds. The number of hydrogen-bond acceptors (Lipinski definition) is 6. The Morgan fingerprint density at radius 2 is 2.07 bits per heavy atom. The number of benzene rings is 2. The summed E-state index contributed by atoms with van der Waals surface area (Å²) >= 11 is 12.4. The standard InChI is InChI=1S/C19H15ClN2O4S2/c1-10-3-5-12(13(20)7-10)17(24)21-22-18(25)16(28-19(22)27)9-11-4-6-14(23)15(8-11)26-2/h3-9,23H,1-2H3,(H,21,24)/b16-9+. The Bertz CT molecular complexity index is 1020. The van der Waals surface area contributed by atoms with E-state index in [1.807, 2.05) is 6.92 Å². The molecular formula is C19H15ClN2O4S2. The van der Waals surface area contributed by atoms with Crippen molar-refractivity contribution in [2.24, 2.45) is 0 Å². The fraction of sp³-hybridized carbons (Fsp3) is 0.105. The van der Waals surface area contributed by atoms with Crippen LogP contribution < -0.4 is 10.2 Å². The minimum absolute atomic E-state index is 0.00515. The van der Waals surface area contributed by atoms with E-state index in [4.69, 9.17) is 28.6 Å². The third kappa shape index (κ3) is 4.14. The van der Waals surface area contributed by atoms with E-state index in [2.05, 4.69) is 5.43 Å². The Morgan fingerprint density at radius 1 is 1.32 bits per heavy atom. The second-order valence-electron chi connectivity index (χ2n) is 5.87. The number of methoxy groups -OCH3 is 1. The Labute approximate surface area is 176 Å². The minimum Gasteiger partial charge on any atom is -0.504 e. The Morgan fingerprint density at radius 3 is 2.75 bits per heavy atom. The highest BCUT2D eigenvalue weighted by Gasteiger charge is 2.34. The van der Waals surface area contributed by atoms with Crippen LogP contribution in [0.1, 0.15) is 21.5 Å². The van der Waals surface area contributed by atoms with Crippen LogP contribution in [0, 0.1) is 6.92 Å². The van der Waals surface area contributed by atoms with Crippen LogP contribution in [0.5, 0.6) is 11.5 Å². The summed E-state index contributed by atoms with van der Waals surface area (Å²) in [4.78, 5) is 25.5. The van der Waals surface area contributed by atoms with Gasteiger partial charge in [-0.2, -0.15) is 5.01 Å². The van der Waals surface area contributed by atoms with Gasteiger partial charge in [-0.1, -0.05) is 35.5 Å². The molecule has 3 rings (SSSR count). The number of carbonyl (C=O) groups is 2. The maximum atomic E-state index is 12.7. The molecule has 144 valence electrons. The van der Waals surface area contributed by atoms with Crippen LogP contribution in [0.15, 0.2) is 41.3 Å². The fourth-order valence-corrected chi connectivity index (χ4v) is 3.97. The lowest BCUT2D eigenvalue weighted by atomic mass is 10.1. The molecule has 1 aliphatic heterocycles. The number of phenols is 1. The molecule has 0 aliphatic carbocycles. The molecule has 0 bridgehead atoms. The van der Waals surface area contributed by atoms with Gasteiger partial charge in [0.1, 0.15) is 0 Å². The van der Waals surface area contributed by atoms with Crippen molar-refractivity contribution in [1.29, 1.82) is 0 Å². The average Bonchev–Trinajstić information content (AvgIpc) is 2.90. The molecule has 2 N–H and O–H groups in total. The number of amides is 2. The topological polar surface area (TPSA) is 78.9 Å². The molecule has 0 saturated carbocycles. The Hall–Kier alpha value is -2.55. The van der Waals surface area contributed by atoms with Crippen LogP contribution in [-0.4, -0.2) is 33.4 Å². The van der Waals surface area contributed by atoms with Gasteiger partial charge in [-0.3, -0.25) is 15.0 Å². The number of rotatable bonds is 4. The van der Waals surface area contributed by atoms with Crippen molar-refractivity contribution in [1.82, 2.24) is 10.4 Å². The largest absolute Gasteiger partial charge is 0.504 e. The molecule has 0 radical (unpaired) electrons. The lowest BCUT2D eigenvalue weighted by Crippen LogP contribution is -2.44. The SMILES string of the molecule is COc1cc(/C=C2/SC(=S)N(NC(=O)c3ccc(C)cc3Cl)C2=O)ccc1O. The Balaban J connectivity index is 1.81. The predicted octanol–water partition coefficient (Wildman–Crippen LogP) is 3.91. The van der Waals surface area contributed by atoms with Gasteiger partial charge in [-0.05, 0) is 60.6 Å². The van der Waals surface area contributed by atoms with Gasteiger partial charge in [-0.25, -0.2) is 0 Å². The zero-order valence-electron chi connectivity index (χ0n) is 14.9. The fourth-order valence-electron chi connectivity index (χ4n) is 2.47. The molecule has 6 nitrogen and oxygen atoms in total. The van der Waals surface area contributed by atoms with Crippen LogP contribution in [-0.2, 0) is 4.79 Å². The zero-order valence-corrected chi connectivity index (χ0v) is 17.2. The van der Waals surface area contributed by atoms with Crippen LogP contribution in [0.2, 0.25) is 5.02 Å². The summed E-state index contributed by atoms with van der Waals surface area (Å²) < 4.78 is 5.26. The number of hydrazine groups is 1. The van der Waals surface area contributed by atoms with Crippen molar-refractivity contribution in [2.75, 3.05) is 7.11 Å². The lowest BCUT2D eigenvalue weighted by Gasteiger charge is -2.16. The summed E-state index contributed by atoms with van der Waals surface area (Å²) in [5.74, 6) is -0.714. The van der Waals surface area contributed by atoms with Crippen molar-refractivity contribution in [3.8, 4) is 11.5 Å². The zero-order chi connectivity index (χ0) is 20.4. The molecular weight excluding hydrogens is 420 g/mol. The van der Waals surface area contributed by atoms with E-state index in [9.17, 15) is 14.7 Å².